The minimum atomic E-state index is -4.02. The van der Waals surface area contributed by atoms with Gasteiger partial charge in [-0.3, -0.25) is 4.79 Å². The fourth-order valence-electron chi connectivity index (χ4n) is 3.88. The van der Waals surface area contributed by atoms with Crippen molar-refractivity contribution < 1.29 is 18.3 Å². The molecular weight excluding hydrogens is 470 g/mol. The van der Waals surface area contributed by atoms with Crippen molar-refractivity contribution in [3.63, 3.8) is 0 Å². The van der Waals surface area contributed by atoms with Crippen LogP contribution in [-0.4, -0.2) is 36.4 Å². The molecule has 0 fully saturated rings. The Kier molecular flexibility index (Phi) is 5.68. The summed E-state index contributed by atoms with van der Waals surface area (Å²) in [5.74, 6) is 0.0364. The van der Waals surface area contributed by atoms with E-state index in [0.29, 0.717) is 12.1 Å². The smallest absolute Gasteiger partial charge is 0.254 e. The molecule has 0 spiro atoms. The van der Waals surface area contributed by atoms with Crippen LogP contribution in [0.2, 0.25) is 0 Å². The highest BCUT2D eigenvalue weighted by Gasteiger charge is 2.24. The predicted molar refractivity (Wildman–Crippen MR) is 131 cm³/mol. The van der Waals surface area contributed by atoms with E-state index in [2.05, 4.69) is 9.71 Å². The van der Waals surface area contributed by atoms with Gasteiger partial charge in [0.25, 0.3) is 5.91 Å². The Labute approximate surface area is 201 Å². The van der Waals surface area contributed by atoms with Gasteiger partial charge in [0.1, 0.15) is 15.0 Å². The van der Waals surface area contributed by atoms with Gasteiger partial charge < -0.3 is 14.7 Å². The van der Waals surface area contributed by atoms with Crippen LogP contribution in [0.3, 0.4) is 0 Å². The summed E-state index contributed by atoms with van der Waals surface area (Å²) in [6.45, 7) is 0.257. The maximum Gasteiger partial charge on any atom is 0.254 e. The van der Waals surface area contributed by atoms with Crippen LogP contribution in [0.15, 0.2) is 78.0 Å². The van der Waals surface area contributed by atoms with Crippen LogP contribution in [0.5, 0.6) is 0 Å². The van der Waals surface area contributed by atoms with E-state index in [1.807, 2.05) is 36.4 Å². The summed E-state index contributed by atoms with van der Waals surface area (Å²) >= 11 is 1.56. The van der Waals surface area contributed by atoms with E-state index < -0.39 is 10.0 Å². The number of aliphatic hydroxyl groups excluding tert-OH is 1. The third kappa shape index (κ3) is 4.09. The summed E-state index contributed by atoms with van der Waals surface area (Å²) in [5.41, 5.74) is 4.15. The largest absolute Gasteiger partial charge is 0.571 e. The molecule has 0 unspecified atom stereocenters. The van der Waals surface area contributed by atoms with E-state index in [1.54, 1.807) is 47.5 Å². The lowest BCUT2D eigenvalue weighted by Gasteiger charge is -2.24. The second-order valence-electron chi connectivity index (χ2n) is 7.93. The normalized spacial score (nSPS) is 13.2. The van der Waals surface area contributed by atoms with E-state index in [4.69, 9.17) is 0 Å². The van der Waals surface area contributed by atoms with Gasteiger partial charge in [0, 0.05) is 35.1 Å². The monoisotopic (exact) mass is 490 g/mol. The summed E-state index contributed by atoms with van der Waals surface area (Å²) in [7, 11) is -2.23. The van der Waals surface area contributed by atoms with Gasteiger partial charge in [-0.15, -0.1) is 17.0 Å². The number of thiophene rings is 1. The average molecular weight is 491 g/mol. The van der Waals surface area contributed by atoms with Crippen molar-refractivity contribution >= 4 is 33.0 Å². The number of aliphatic hydroxyl groups is 1. The van der Waals surface area contributed by atoms with Crippen LogP contribution >= 0.6 is 11.3 Å². The topological polar surface area (TPSA) is 102 Å². The summed E-state index contributed by atoms with van der Waals surface area (Å²) < 4.78 is 29.4. The van der Waals surface area contributed by atoms with Crippen molar-refractivity contribution in [1.82, 2.24) is 9.88 Å². The highest BCUT2D eigenvalue weighted by molar-refractivity contribution is 7.94. The van der Waals surface area contributed by atoms with Crippen molar-refractivity contribution in [3.8, 4) is 20.9 Å². The molecule has 2 aromatic carbocycles. The standard InChI is InChI=1S/C25H20N3O4S2/c1-28-14-19-12-16(7-8-20(19)25(28)30)22-9-10-23(33-22)17-5-6-18(15-29)21(13-17)27-34(31,32)24-4-2-3-11-26-24/h2-13,29H,14-15H2,1H3/q-1. The summed E-state index contributed by atoms with van der Waals surface area (Å²) in [5, 5.41) is 9.57. The lowest BCUT2D eigenvalue weighted by atomic mass is 10.1. The number of carbonyl (C=O) groups excluding carboxylic acids is 1. The summed E-state index contributed by atoms with van der Waals surface area (Å²) in [4.78, 5) is 19.7. The molecule has 3 heterocycles. The number of amides is 1. The Hall–Kier alpha value is -3.53. The molecule has 172 valence electrons. The Balaban J connectivity index is 1.46. The molecule has 0 radical (unpaired) electrons. The van der Waals surface area contributed by atoms with Crippen LogP contribution in [0.25, 0.3) is 25.6 Å². The molecule has 1 aliphatic heterocycles. The van der Waals surface area contributed by atoms with Crippen molar-refractivity contribution in [2.75, 3.05) is 7.05 Å². The van der Waals surface area contributed by atoms with Crippen LogP contribution in [0, 0.1) is 0 Å². The Morgan fingerprint density at radius 1 is 1.03 bits per heavy atom. The molecular formula is C25H20N3O4S2-. The third-order valence-corrected chi connectivity index (χ3v) is 8.03. The summed E-state index contributed by atoms with van der Waals surface area (Å²) in [6.07, 6.45) is 1.39. The van der Waals surface area contributed by atoms with Crippen LogP contribution in [-0.2, 0) is 23.2 Å². The van der Waals surface area contributed by atoms with Crippen molar-refractivity contribution in [3.05, 3.63) is 94.3 Å². The molecule has 9 heteroatoms. The van der Waals surface area contributed by atoms with E-state index in [9.17, 15) is 18.3 Å². The minimum absolute atomic E-state index is 0.0364. The van der Waals surface area contributed by atoms with Crippen molar-refractivity contribution in [1.29, 1.82) is 0 Å². The quantitative estimate of drug-likeness (QED) is 0.412. The highest BCUT2D eigenvalue weighted by Crippen LogP contribution is 2.39. The van der Waals surface area contributed by atoms with E-state index >= 15 is 0 Å². The molecule has 0 aliphatic carbocycles. The summed E-state index contributed by atoms with van der Waals surface area (Å²) in [6, 6.07) is 19.6. The molecule has 2 aromatic heterocycles. The van der Waals surface area contributed by atoms with Gasteiger partial charge >= 0.3 is 0 Å². The molecule has 0 saturated carbocycles. The second kappa shape index (κ2) is 8.68. The number of hydrogen-bond acceptors (Lipinski definition) is 6. The Morgan fingerprint density at radius 3 is 2.47 bits per heavy atom. The molecule has 1 N–H and O–H groups in total. The Morgan fingerprint density at radius 2 is 1.76 bits per heavy atom. The SMILES string of the molecule is CN1Cc2cc(-c3ccc(-c4ccc(CO)c([N-]S(=O)(=O)c5ccccn5)c4)s3)ccc2C1=O. The second-order valence-corrected chi connectivity index (χ2v) is 10.6. The van der Waals surface area contributed by atoms with Gasteiger partial charge in [0.05, 0.1) is 6.61 Å². The maximum absolute atomic E-state index is 12.7. The van der Waals surface area contributed by atoms with Crippen LogP contribution in [0.4, 0.5) is 5.69 Å². The van der Waals surface area contributed by atoms with Gasteiger partial charge in [-0.2, -0.15) is 0 Å². The number of sulfonamides is 1. The first-order chi connectivity index (χ1) is 16.4. The lowest BCUT2D eigenvalue weighted by molar-refractivity contribution is 0.0816. The highest BCUT2D eigenvalue weighted by atomic mass is 32.2. The zero-order chi connectivity index (χ0) is 23.9. The van der Waals surface area contributed by atoms with Crippen LogP contribution < -0.4 is 0 Å². The Bertz CT molecular complexity index is 1500. The fraction of sp³-hybridized carbons (Fsp3) is 0.120. The van der Waals surface area contributed by atoms with Gasteiger partial charge in [-0.1, -0.05) is 30.3 Å². The number of benzene rings is 2. The fourth-order valence-corrected chi connectivity index (χ4v) is 5.85. The molecule has 1 aliphatic rings. The molecule has 4 aromatic rings. The lowest BCUT2D eigenvalue weighted by Crippen LogP contribution is -2.17. The zero-order valence-electron chi connectivity index (χ0n) is 18.2. The molecule has 5 rings (SSSR count). The first-order valence-electron chi connectivity index (χ1n) is 10.5. The number of carbonyl (C=O) groups is 1. The first-order valence-corrected chi connectivity index (χ1v) is 12.7. The molecule has 7 nitrogen and oxygen atoms in total. The molecule has 0 bridgehead atoms. The number of pyridine rings is 1. The molecule has 34 heavy (non-hydrogen) atoms. The van der Waals surface area contributed by atoms with Crippen molar-refractivity contribution in [2.24, 2.45) is 0 Å². The van der Waals surface area contributed by atoms with Gasteiger partial charge in [-0.05, 0) is 58.7 Å². The number of hydrogen-bond donors (Lipinski definition) is 1. The van der Waals surface area contributed by atoms with E-state index in [-0.39, 0.29) is 23.2 Å². The van der Waals surface area contributed by atoms with Crippen molar-refractivity contribution in [2.45, 2.75) is 18.2 Å². The molecule has 1 amide bonds. The van der Waals surface area contributed by atoms with Gasteiger partial charge in [-0.25, -0.2) is 13.4 Å². The van der Waals surface area contributed by atoms with E-state index in [1.165, 1.54) is 12.3 Å². The molecule has 0 atom stereocenters. The predicted octanol–water partition coefficient (Wildman–Crippen LogP) is 4.95. The first kappa shape index (κ1) is 22.3. The third-order valence-electron chi connectivity index (χ3n) is 5.64. The average Bonchev–Trinajstić information content (AvgIpc) is 3.44. The zero-order valence-corrected chi connectivity index (χ0v) is 19.8. The number of rotatable bonds is 6. The minimum Gasteiger partial charge on any atom is -0.571 e. The van der Waals surface area contributed by atoms with Crippen LogP contribution in [0.1, 0.15) is 21.5 Å². The van der Waals surface area contributed by atoms with Gasteiger partial charge in [0.2, 0.25) is 0 Å². The molecule has 0 saturated heterocycles. The number of nitrogens with zero attached hydrogens (tertiary/aromatic N) is 3. The number of aromatic nitrogens is 1. The van der Waals surface area contributed by atoms with E-state index in [0.717, 1.165) is 32.0 Å². The van der Waals surface area contributed by atoms with Gasteiger partial charge in [0.15, 0.2) is 0 Å². The number of fused-ring (bicyclic) bond motifs is 1. The maximum atomic E-state index is 12.7.